The van der Waals surface area contributed by atoms with Gasteiger partial charge < -0.3 is 19.9 Å². The third-order valence-electron chi connectivity index (χ3n) is 5.54. The molecule has 1 aliphatic heterocycles. The van der Waals surface area contributed by atoms with Crippen molar-refractivity contribution in [1.29, 1.82) is 0 Å². The Morgan fingerprint density at radius 3 is 2.83 bits per heavy atom. The van der Waals surface area contributed by atoms with Crippen molar-refractivity contribution in [1.82, 2.24) is 20.2 Å². The lowest BCUT2D eigenvalue weighted by Gasteiger charge is -2.32. The van der Waals surface area contributed by atoms with Gasteiger partial charge in [0.1, 0.15) is 17.4 Å². The van der Waals surface area contributed by atoms with Crippen LogP contribution in [0.15, 0.2) is 30.3 Å². The fourth-order valence-electron chi connectivity index (χ4n) is 3.91. The van der Waals surface area contributed by atoms with Crippen LogP contribution in [0.5, 0.6) is 5.75 Å². The number of rotatable bonds is 8. The lowest BCUT2D eigenvalue weighted by Crippen LogP contribution is -2.39. The van der Waals surface area contributed by atoms with Crippen LogP contribution >= 0.6 is 0 Å². The first-order valence-corrected chi connectivity index (χ1v) is 10.6. The first-order chi connectivity index (χ1) is 14.5. The summed E-state index contributed by atoms with van der Waals surface area (Å²) >= 11 is 0. The SMILES string of the molecule is CNCc1cc(N(C)C)nc([C@@H]2CCCN(C(=O)CCc3ccccc3OC)C2)n1. The number of anilines is 1. The number of ether oxygens (including phenoxy) is 1. The molecule has 30 heavy (non-hydrogen) atoms. The highest BCUT2D eigenvalue weighted by Gasteiger charge is 2.27. The van der Waals surface area contributed by atoms with Gasteiger partial charge >= 0.3 is 0 Å². The molecule has 1 fully saturated rings. The molecule has 1 atom stereocenters. The monoisotopic (exact) mass is 411 g/mol. The molecule has 1 aromatic heterocycles. The minimum atomic E-state index is 0.171. The van der Waals surface area contributed by atoms with E-state index in [1.165, 1.54) is 0 Å². The van der Waals surface area contributed by atoms with Crippen LogP contribution in [0.1, 0.15) is 42.3 Å². The van der Waals surface area contributed by atoms with Gasteiger partial charge in [-0.3, -0.25) is 4.79 Å². The van der Waals surface area contributed by atoms with Gasteiger partial charge in [-0.15, -0.1) is 0 Å². The Bertz CT molecular complexity index is 855. The number of carbonyl (C=O) groups excluding carboxylic acids is 1. The van der Waals surface area contributed by atoms with Gasteiger partial charge in [-0.1, -0.05) is 18.2 Å². The van der Waals surface area contributed by atoms with Gasteiger partial charge in [-0.25, -0.2) is 9.97 Å². The van der Waals surface area contributed by atoms with Gasteiger partial charge in [0.25, 0.3) is 0 Å². The Labute approximate surface area is 179 Å². The average Bonchev–Trinajstić information content (AvgIpc) is 2.77. The van der Waals surface area contributed by atoms with Crippen LogP contribution < -0.4 is 15.0 Å². The molecule has 0 unspecified atom stereocenters. The molecule has 1 saturated heterocycles. The number of carbonyl (C=O) groups is 1. The molecule has 0 radical (unpaired) electrons. The predicted molar refractivity (Wildman–Crippen MR) is 119 cm³/mol. The molecule has 0 aliphatic carbocycles. The second-order valence-corrected chi connectivity index (χ2v) is 7.99. The van der Waals surface area contributed by atoms with Crippen LogP contribution in [0.4, 0.5) is 5.82 Å². The maximum atomic E-state index is 12.9. The number of benzene rings is 1. The van der Waals surface area contributed by atoms with Crippen LogP contribution in [0.2, 0.25) is 0 Å². The van der Waals surface area contributed by atoms with Gasteiger partial charge in [0.2, 0.25) is 5.91 Å². The summed E-state index contributed by atoms with van der Waals surface area (Å²) in [5.74, 6) is 2.95. The molecule has 0 spiro atoms. The molecule has 1 aromatic carbocycles. The highest BCUT2D eigenvalue weighted by molar-refractivity contribution is 5.76. The quantitative estimate of drug-likeness (QED) is 0.720. The summed E-state index contributed by atoms with van der Waals surface area (Å²) < 4.78 is 5.41. The zero-order valence-electron chi connectivity index (χ0n) is 18.5. The molecule has 1 N–H and O–H groups in total. The zero-order chi connectivity index (χ0) is 21.5. The minimum absolute atomic E-state index is 0.171. The van der Waals surface area contributed by atoms with E-state index in [4.69, 9.17) is 14.7 Å². The smallest absolute Gasteiger partial charge is 0.222 e. The number of amides is 1. The molecule has 7 nitrogen and oxygen atoms in total. The lowest BCUT2D eigenvalue weighted by atomic mass is 9.96. The Kier molecular flexibility index (Phi) is 7.63. The number of nitrogens with one attached hydrogen (secondary N) is 1. The number of methoxy groups -OCH3 is 1. The van der Waals surface area contributed by atoms with Gasteiger partial charge in [0.15, 0.2) is 0 Å². The van der Waals surface area contributed by atoms with Gasteiger partial charge in [-0.05, 0) is 37.9 Å². The van der Waals surface area contributed by atoms with Crippen molar-refractivity contribution in [2.45, 2.75) is 38.1 Å². The largest absolute Gasteiger partial charge is 0.496 e. The zero-order valence-corrected chi connectivity index (χ0v) is 18.5. The van der Waals surface area contributed by atoms with Crippen LogP contribution in [0.3, 0.4) is 0 Å². The number of aromatic nitrogens is 2. The van der Waals surface area contributed by atoms with Crippen molar-refractivity contribution in [2.75, 3.05) is 46.2 Å². The fourth-order valence-corrected chi connectivity index (χ4v) is 3.91. The number of para-hydroxylation sites is 1. The summed E-state index contributed by atoms with van der Waals surface area (Å²) in [4.78, 5) is 26.5. The molecule has 0 saturated carbocycles. The predicted octanol–water partition coefficient (Wildman–Crippen LogP) is 2.61. The molecular formula is C23H33N5O2. The standard InChI is InChI=1S/C23H33N5O2/c1-24-15-19-14-21(27(2)3)26-23(25-19)18-9-7-13-28(16-18)22(29)12-11-17-8-5-6-10-20(17)30-4/h5-6,8,10,14,18,24H,7,9,11-13,15-16H2,1-4H3/t18-/m1/s1. The number of piperidine rings is 1. The van der Waals surface area contributed by atoms with E-state index in [1.54, 1.807) is 7.11 Å². The Balaban J connectivity index is 1.68. The third kappa shape index (κ3) is 5.48. The summed E-state index contributed by atoms with van der Waals surface area (Å²) in [6.07, 6.45) is 3.15. The van der Waals surface area contributed by atoms with E-state index in [2.05, 4.69) is 5.32 Å². The van der Waals surface area contributed by atoms with E-state index < -0.39 is 0 Å². The number of hydrogen-bond acceptors (Lipinski definition) is 6. The molecular weight excluding hydrogens is 378 g/mol. The normalized spacial score (nSPS) is 16.4. The van der Waals surface area contributed by atoms with Crippen molar-refractivity contribution in [3.63, 3.8) is 0 Å². The Morgan fingerprint density at radius 2 is 2.10 bits per heavy atom. The van der Waals surface area contributed by atoms with Gasteiger partial charge in [-0.2, -0.15) is 0 Å². The first-order valence-electron chi connectivity index (χ1n) is 10.6. The molecule has 7 heteroatoms. The van der Waals surface area contributed by atoms with Crippen molar-refractivity contribution in [2.24, 2.45) is 0 Å². The summed E-state index contributed by atoms with van der Waals surface area (Å²) in [7, 11) is 7.56. The van der Waals surface area contributed by atoms with Gasteiger partial charge in [0, 0.05) is 52.1 Å². The average molecular weight is 412 g/mol. The highest BCUT2D eigenvalue weighted by Crippen LogP contribution is 2.27. The fraction of sp³-hybridized carbons (Fsp3) is 0.522. The second kappa shape index (κ2) is 10.4. The number of aryl methyl sites for hydroxylation is 1. The molecule has 2 heterocycles. The van der Waals surface area contributed by atoms with E-state index in [-0.39, 0.29) is 11.8 Å². The molecule has 1 aliphatic rings. The van der Waals surface area contributed by atoms with E-state index in [1.807, 2.05) is 61.3 Å². The molecule has 1 amide bonds. The summed E-state index contributed by atoms with van der Waals surface area (Å²) in [5, 5.41) is 3.17. The molecule has 0 bridgehead atoms. The van der Waals surface area contributed by atoms with Crippen molar-refractivity contribution >= 4 is 11.7 Å². The molecule has 2 aromatic rings. The lowest BCUT2D eigenvalue weighted by molar-refractivity contribution is -0.132. The summed E-state index contributed by atoms with van der Waals surface area (Å²) in [6, 6.07) is 9.91. The van der Waals surface area contributed by atoms with E-state index >= 15 is 0 Å². The highest BCUT2D eigenvalue weighted by atomic mass is 16.5. The molecule has 162 valence electrons. The first kappa shape index (κ1) is 22.0. The van der Waals surface area contributed by atoms with Crippen LogP contribution in [-0.4, -0.2) is 62.1 Å². The van der Waals surface area contributed by atoms with Crippen molar-refractivity contribution < 1.29 is 9.53 Å². The Hall–Kier alpha value is -2.67. The maximum Gasteiger partial charge on any atom is 0.222 e. The second-order valence-electron chi connectivity index (χ2n) is 7.99. The van der Waals surface area contributed by atoms with Crippen LogP contribution in [-0.2, 0) is 17.8 Å². The third-order valence-corrected chi connectivity index (χ3v) is 5.54. The van der Waals surface area contributed by atoms with Crippen LogP contribution in [0, 0.1) is 0 Å². The number of hydrogen-bond donors (Lipinski definition) is 1. The minimum Gasteiger partial charge on any atom is -0.496 e. The summed E-state index contributed by atoms with van der Waals surface area (Å²) in [6.45, 7) is 2.18. The van der Waals surface area contributed by atoms with Crippen molar-refractivity contribution in [3.8, 4) is 5.75 Å². The van der Waals surface area contributed by atoms with E-state index in [0.717, 1.165) is 48.0 Å². The van der Waals surface area contributed by atoms with Crippen LogP contribution in [0.25, 0.3) is 0 Å². The maximum absolute atomic E-state index is 12.9. The topological polar surface area (TPSA) is 70.6 Å². The van der Waals surface area contributed by atoms with Crippen molar-refractivity contribution in [3.05, 3.63) is 47.4 Å². The van der Waals surface area contributed by atoms with E-state index in [0.29, 0.717) is 25.9 Å². The summed E-state index contributed by atoms with van der Waals surface area (Å²) in [5.41, 5.74) is 2.05. The number of likely N-dealkylation sites (tertiary alicyclic amines) is 1. The van der Waals surface area contributed by atoms with Gasteiger partial charge in [0.05, 0.1) is 12.8 Å². The number of nitrogens with zero attached hydrogens (tertiary/aromatic N) is 4. The Morgan fingerprint density at radius 1 is 1.30 bits per heavy atom. The molecule has 3 rings (SSSR count). The van der Waals surface area contributed by atoms with E-state index in [9.17, 15) is 4.79 Å².